The molecule has 102 valence electrons. The van der Waals surface area contributed by atoms with Crippen LogP contribution in [0.5, 0.6) is 0 Å². The lowest BCUT2D eigenvalue weighted by atomic mass is 10.2. The van der Waals surface area contributed by atoms with E-state index < -0.39 is 27.9 Å². The van der Waals surface area contributed by atoms with Crippen molar-refractivity contribution in [3.63, 3.8) is 0 Å². The summed E-state index contributed by atoms with van der Waals surface area (Å²) >= 11 is 0. The molecule has 1 heterocycles. The molecule has 8 heteroatoms. The predicted molar refractivity (Wildman–Crippen MR) is 68.1 cm³/mol. The average molecular weight is 277 g/mol. The first-order valence-electron chi connectivity index (χ1n) is 5.42. The SMILES string of the molecule is O=C(Nc1cc(F)ccc1[N+](=O)[O-])c1cccc(=O)[nH]1. The van der Waals surface area contributed by atoms with E-state index in [1.165, 1.54) is 18.2 Å². The molecular weight excluding hydrogens is 269 g/mol. The van der Waals surface area contributed by atoms with E-state index in [9.17, 15) is 24.1 Å². The van der Waals surface area contributed by atoms with E-state index in [1.807, 2.05) is 0 Å². The maximum absolute atomic E-state index is 13.1. The molecule has 0 aliphatic carbocycles. The Morgan fingerprint density at radius 3 is 2.70 bits per heavy atom. The van der Waals surface area contributed by atoms with Crippen LogP contribution in [0.15, 0.2) is 41.2 Å². The number of halogens is 1. The second-order valence-electron chi connectivity index (χ2n) is 3.80. The summed E-state index contributed by atoms with van der Waals surface area (Å²) in [6, 6.07) is 6.57. The van der Waals surface area contributed by atoms with Gasteiger partial charge in [0.05, 0.1) is 4.92 Å². The van der Waals surface area contributed by atoms with Gasteiger partial charge in [0.1, 0.15) is 17.2 Å². The Kier molecular flexibility index (Phi) is 3.56. The molecular formula is C12H8FN3O4. The normalized spacial score (nSPS) is 10.1. The van der Waals surface area contributed by atoms with Crippen LogP contribution in [-0.4, -0.2) is 15.8 Å². The Morgan fingerprint density at radius 2 is 2.05 bits per heavy atom. The number of rotatable bonds is 3. The number of hydrogen-bond donors (Lipinski definition) is 2. The standard InChI is InChI=1S/C12H8FN3O4/c13-7-4-5-10(16(19)20)9(6-7)15-12(18)8-2-1-3-11(17)14-8/h1-6H,(H,14,17)(H,15,18). The van der Waals surface area contributed by atoms with Crippen LogP contribution in [0.25, 0.3) is 0 Å². The van der Waals surface area contributed by atoms with Gasteiger partial charge in [0.2, 0.25) is 5.56 Å². The number of aromatic amines is 1. The van der Waals surface area contributed by atoms with Gasteiger partial charge in [0.15, 0.2) is 0 Å². The number of H-pyrrole nitrogens is 1. The lowest BCUT2D eigenvalue weighted by Crippen LogP contribution is -2.18. The van der Waals surface area contributed by atoms with Gasteiger partial charge in [0.25, 0.3) is 11.6 Å². The summed E-state index contributed by atoms with van der Waals surface area (Å²) in [7, 11) is 0. The Morgan fingerprint density at radius 1 is 1.30 bits per heavy atom. The smallest absolute Gasteiger partial charge is 0.292 e. The number of nitrogens with one attached hydrogen (secondary N) is 2. The average Bonchev–Trinajstić information content (AvgIpc) is 2.38. The monoisotopic (exact) mass is 277 g/mol. The first-order chi connectivity index (χ1) is 9.47. The van der Waals surface area contributed by atoms with Crippen LogP contribution in [0.2, 0.25) is 0 Å². The van der Waals surface area contributed by atoms with Crippen molar-refractivity contribution in [2.45, 2.75) is 0 Å². The van der Waals surface area contributed by atoms with Crippen molar-refractivity contribution < 1.29 is 14.1 Å². The van der Waals surface area contributed by atoms with Crippen LogP contribution in [-0.2, 0) is 0 Å². The maximum Gasteiger partial charge on any atom is 0.292 e. The molecule has 0 spiro atoms. The summed E-state index contributed by atoms with van der Waals surface area (Å²) in [6.45, 7) is 0. The number of carbonyl (C=O) groups excluding carboxylic acids is 1. The van der Waals surface area contributed by atoms with E-state index in [4.69, 9.17) is 0 Å². The number of amides is 1. The molecule has 2 rings (SSSR count). The van der Waals surface area contributed by atoms with Gasteiger partial charge >= 0.3 is 0 Å². The summed E-state index contributed by atoms with van der Waals surface area (Å²) in [5.74, 6) is -1.51. The van der Waals surface area contributed by atoms with Crippen LogP contribution in [0, 0.1) is 15.9 Å². The molecule has 1 aromatic heterocycles. The fourth-order valence-corrected chi connectivity index (χ4v) is 1.54. The minimum atomic E-state index is -0.781. The van der Waals surface area contributed by atoms with Gasteiger partial charge in [-0.3, -0.25) is 19.7 Å². The van der Waals surface area contributed by atoms with Gasteiger partial charge in [-0.05, 0) is 12.1 Å². The van der Waals surface area contributed by atoms with Gasteiger partial charge in [-0.2, -0.15) is 0 Å². The first kappa shape index (κ1) is 13.4. The molecule has 0 bridgehead atoms. The van der Waals surface area contributed by atoms with Crippen LogP contribution in [0.3, 0.4) is 0 Å². The largest absolute Gasteiger partial charge is 0.318 e. The van der Waals surface area contributed by atoms with Crippen molar-refractivity contribution in [3.05, 3.63) is 68.4 Å². The number of aromatic nitrogens is 1. The third-order valence-electron chi connectivity index (χ3n) is 2.42. The highest BCUT2D eigenvalue weighted by Crippen LogP contribution is 2.25. The molecule has 2 aromatic rings. The minimum absolute atomic E-state index is 0.0870. The summed E-state index contributed by atoms with van der Waals surface area (Å²) in [4.78, 5) is 35.2. The Hall–Kier alpha value is -3.03. The molecule has 0 fully saturated rings. The molecule has 0 radical (unpaired) electrons. The molecule has 1 amide bonds. The molecule has 2 N–H and O–H groups in total. The number of anilines is 1. The Labute approximate surface area is 111 Å². The molecule has 0 aliphatic rings. The van der Waals surface area contributed by atoms with Crippen LogP contribution < -0.4 is 10.9 Å². The van der Waals surface area contributed by atoms with Crippen molar-refractivity contribution >= 4 is 17.3 Å². The van der Waals surface area contributed by atoms with Crippen LogP contribution >= 0.6 is 0 Å². The Bertz CT molecular complexity index is 741. The number of nitrogens with zero attached hydrogens (tertiary/aromatic N) is 1. The summed E-state index contributed by atoms with van der Waals surface area (Å²) in [6.07, 6.45) is 0. The van der Waals surface area contributed by atoms with Gasteiger partial charge in [-0.25, -0.2) is 4.39 Å². The highest BCUT2D eigenvalue weighted by molar-refractivity contribution is 6.04. The number of nitro groups is 1. The van der Waals surface area contributed by atoms with E-state index in [0.717, 1.165) is 18.2 Å². The minimum Gasteiger partial charge on any atom is -0.318 e. The van der Waals surface area contributed by atoms with Gasteiger partial charge in [-0.15, -0.1) is 0 Å². The van der Waals surface area contributed by atoms with Crippen molar-refractivity contribution in [1.29, 1.82) is 0 Å². The summed E-state index contributed by atoms with van der Waals surface area (Å²) in [5, 5.41) is 13.0. The number of benzene rings is 1. The van der Waals surface area contributed by atoms with Crippen LogP contribution in [0.4, 0.5) is 15.8 Å². The molecule has 0 atom stereocenters. The van der Waals surface area contributed by atoms with E-state index in [-0.39, 0.29) is 11.4 Å². The van der Waals surface area contributed by atoms with Gasteiger partial charge < -0.3 is 10.3 Å². The maximum atomic E-state index is 13.1. The fraction of sp³-hybridized carbons (Fsp3) is 0. The molecule has 1 aromatic carbocycles. The third-order valence-corrected chi connectivity index (χ3v) is 2.42. The van der Waals surface area contributed by atoms with E-state index in [1.54, 1.807) is 0 Å². The van der Waals surface area contributed by atoms with Crippen molar-refractivity contribution in [2.75, 3.05) is 5.32 Å². The lowest BCUT2D eigenvalue weighted by molar-refractivity contribution is -0.384. The van der Waals surface area contributed by atoms with Crippen LogP contribution in [0.1, 0.15) is 10.5 Å². The third kappa shape index (κ3) is 2.86. The predicted octanol–water partition coefficient (Wildman–Crippen LogP) is 1.67. The van der Waals surface area contributed by atoms with E-state index in [0.29, 0.717) is 0 Å². The lowest BCUT2D eigenvalue weighted by Gasteiger charge is -2.05. The molecule has 0 saturated heterocycles. The first-order valence-corrected chi connectivity index (χ1v) is 5.42. The van der Waals surface area contributed by atoms with E-state index in [2.05, 4.69) is 10.3 Å². The number of hydrogen-bond acceptors (Lipinski definition) is 4. The zero-order chi connectivity index (χ0) is 14.7. The summed E-state index contributed by atoms with van der Waals surface area (Å²) < 4.78 is 13.1. The second kappa shape index (κ2) is 5.31. The van der Waals surface area contributed by atoms with Crippen molar-refractivity contribution in [2.24, 2.45) is 0 Å². The molecule has 20 heavy (non-hydrogen) atoms. The zero-order valence-corrected chi connectivity index (χ0v) is 9.92. The quantitative estimate of drug-likeness (QED) is 0.657. The fourth-order valence-electron chi connectivity index (χ4n) is 1.54. The number of carbonyl (C=O) groups is 1. The molecule has 0 unspecified atom stereocenters. The zero-order valence-electron chi connectivity index (χ0n) is 9.92. The Balaban J connectivity index is 2.34. The highest BCUT2D eigenvalue weighted by Gasteiger charge is 2.17. The van der Waals surface area contributed by atoms with Gasteiger partial charge in [-0.1, -0.05) is 6.07 Å². The molecule has 0 aliphatic heterocycles. The highest BCUT2D eigenvalue weighted by atomic mass is 19.1. The summed E-state index contributed by atoms with van der Waals surface area (Å²) in [5.41, 5.74) is -1.31. The molecule has 7 nitrogen and oxygen atoms in total. The second-order valence-corrected chi connectivity index (χ2v) is 3.80. The topological polar surface area (TPSA) is 105 Å². The van der Waals surface area contributed by atoms with Gasteiger partial charge in [0, 0.05) is 18.2 Å². The molecule has 0 saturated carbocycles. The van der Waals surface area contributed by atoms with Crippen molar-refractivity contribution in [1.82, 2.24) is 4.98 Å². The van der Waals surface area contributed by atoms with E-state index >= 15 is 0 Å². The van der Waals surface area contributed by atoms with Crippen molar-refractivity contribution in [3.8, 4) is 0 Å². The number of nitro benzene ring substituents is 1. The number of pyridine rings is 1.